The number of amides is 2. The van der Waals surface area contributed by atoms with Crippen molar-refractivity contribution < 1.29 is 14.3 Å². The molecule has 0 radical (unpaired) electrons. The topological polar surface area (TPSA) is 64.4 Å². The molecule has 0 saturated carbocycles. The van der Waals surface area contributed by atoms with Crippen molar-refractivity contribution in [1.82, 2.24) is 14.7 Å². The Morgan fingerprint density at radius 1 is 1.59 bits per heavy atom. The average molecular weight is 258 g/mol. The quantitative estimate of drug-likeness (QED) is 0.799. The number of halogens is 1. The van der Waals surface area contributed by atoms with Crippen molar-refractivity contribution in [3.8, 4) is 0 Å². The van der Waals surface area contributed by atoms with Crippen molar-refractivity contribution in [2.75, 3.05) is 13.2 Å². The van der Waals surface area contributed by atoms with E-state index in [0.717, 1.165) is 4.90 Å². The summed E-state index contributed by atoms with van der Waals surface area (Å²) in [6.45, 7) is 2.37. The third-order valence-electron chi connectivity index (χ3n) is 2.60. The van der Waals surface area contributed by atoms with Gasteiger partial charge in [0.1, 0.15) is 12.3 Å². The Balaban J connectivity index is 2.37. The number of aryl methyl sites for hydroxylation is 2. The van der Waals surface area contributed by atoms with E-state index in [1.54, 1.807) is 7.05 Å². The van der Waals surface area contributed by atoms with Crippen LogP contribution in [0.25, 0.3) is 0 Å². The normalized spacial score (nSPS) is 15.2. The molecule has 0 spiro atoms. The predicted molar refractivity (Wildman–Crippen MR) is 60.0 cm³/mol. The molecule has 6 nitrogen and oxygen atoms in total. The zero-order chi connectivity index (χ0) is 12.6. The van der Waals surface area contributed by atoms with Gasteiger partial charge >= 0.3 is 6.09 Å². The first-order valence-electron chi connectivity index (χ1n) is 5.26. The third-order valence-corrected chi connectivity index (χ3v) is 3.00. The Labute approximate surface area is 103 Å². The van der Waals surface area contributed by atoms with Crippen LogP contribution in [0.3, 0.4) is 0 Å². The van der Waals surface area contributed by atoms with Crippen molar-refractivity contribution in [2.45, 2.75) is 13.3 Å². The van der Waals surface area contributed by atoms with E-state index in [1.807, 2.05) is 6.92 Å². The second-order valence-corrected chi connectivity index (χ2v) is 4.04. The Hall–Kier alpha value is -1.56. The molecular weight excluding hydrogens is 246 g/mol. The standard InChI is InChI=1S/C10H12ClN3O3/c1-3-6-7(11)8(13(2)12-6)9(15)14-4-5-17-10(14)16/h3-5H2,1-2H3. The van der Waals surface area contributed by atoms with E-state index in [0.29, 0.717) is 17.1 Å². The fraction of sp³-hybridized carbons (Fsp3) is 0.500. The number of carbonyl (C=O) groups is 2. The molecule has 0 aromatic carbocycles. The van der Waals surface area contributed by atoms with E-state index in [4.69, 9.17) is 16.3 Å². The van der Waals surface area contributed by atoms with Gasteiger partial charge in [-0.2, -0.15) is 5.10 Å². The molecule has 7 heteroatoms. The summed E-state index contributed by atoms with van der Waals surface area (Å²) >= 11 is 6.07. The van der Waals surface area contributed by atoms with Crippen molar-refractivity contribution in [3.05, 3.63) is 16.4 Å². The van der Waals surface area contributed by atoms with Crippen LogP contribution in [0, 0.1) is 0 Å². The second-order valence-electron chi connectivity index (χ2n) is 3.66. The van der Waals surface area contributed by atoms with Crippen LogP contribution < -0.4 is 0 Å². The maximum atomic E-state index is 12.1. The smallest absolute Gasteiger partial charge is 0.417 e. The average Bonchev–Trinajstić information content (AvgIpc) is 2.82. The molecular formula is C10H12ClN3O3. The van der Waals surface area contributed by atoms with Crippen LogP contribution in [0.5, 0.6) is 0 Å². The molecule has 1 aliphatic heterocycles. The number of imide groups is 1. The van der Waals surface area contributed by atoms with E-state index in [9.17, 15) is 9.59 Å². The minimum atomic E-state index is -0.634. The first kappa shape index (κ1) is 11.9. The highest BCUT2D eigenvalue weighted by Gasteiger charge is 2.33. The number of carbonyl (C=O) groups excluding carboxylic acids is 2. The molecule has 0 atom stereocenters. The van der Waals surface area contributed by atoms with Crippen LogP contribution in [0.4, 0.5) is 4.79 Å². The van der Waals surface area contributed by atoms with Crippen molar-refractivity contribution in [2.24, 2.45) is 7.05 Å². The minimum absolute atomic E-state index is 0.223. The number of aromatic nitrogens is 2. The summed E-state index contributed by atoms with van der Waals surface area (Å²) in [4.78, 5) is 24.4. The molecule has 1 saturated heterocycles. The predicted octanol–water partition coefficient (Wildman–Crippen LogP) is 1.23. The first-order chi connectivity index (χ1) is 8.06. The van der Waals surface area contributed by atoms with Crippen molar-refractivity contribution in [3.63, 3.8) is 0 Å². The summed E-state index contributed by atoms with van der Waals surface area (Å²) in [5.41, 5.74) is 0.868. The van der Waals surface area contributed by atoms with Gasteiger partial charge in [-0.1, -0.05) is 18.5 Å². The van der Waals surface area contributed by atoms with Gasteiger partial charge in [0.2, 0.25) is 0 Å². The van der Waals surface area contributed by atoms with E-state index in [2.05, 4.69) is 5.10 Å². The molecule has 0 unspecified atom stereocenters. The van der Waals surface area contributed by atoms with Gasteiger partial charge in [-0.15, -0.1) is 0 Å². The van der Waals surface area contributed by atoms with Gasteiger partial charge in [0.15, 0.2) is 0 Å². The highest BCUT2D eigenvalue weighted by molar-refractivity contribution is 6.34. The highest BCUT2D eigenvalue weighted by Crippen LogP contribution is 2.23. The van der Waals surface area contributed by atoms with E-state index in [1.165, 1.54) is 4.68 Å². The number of ether oxygens (including phenoxy) is 1. The van der Waals surface area contributed by atoms with Gasteiger partial charge < -0.3 is 4.74 Å². The van der Waals surface area contributed by atoms with Crippen LogP contribution in [-0.2, 0) is 18.2 Å². The molecule has 1 aliphatic rings. The molecule has 1 fully saturated rings. The van der Waals surface area contributed by atoms with E-state index < -0.39 is 12.0 Å². The zero-order valence-corrected chi connectivity index (χ0v) is 10.3. The fourth-order valence-electron chi connectivity index (χ4n) is 1.72. The maximum absolute atomic E-state index is 12.1. The van der Waals surface area contributed by atoms with Crippen LogP contribution in [0.15, 0.2) is 0 Å². The molecule has 2 heterocycles. The van der Waals surface area contributed by atoms with Gasteiger partial charge in [-0.05, 0) is 6.42 Å². The first-order valence-corrected chi connectivity index (χ1v) is 5.64. The Morgan fingerprint density at radius 3 is 2.76 bits per heavy atom. The molecule has 0 N–H and O–H groups in total. The minimum Gasteiger partial charge on any atom is -0.447 e. The molecule has 0 aliphatic carbocycles. The van der Waals surface area contributed by atoms with Gasteiger partial charge in [-0.3, -0.25) is 9.48 Å². The van der Waals surface area contributed by atoms with Gasteiger partial charge in [0, 0.05) is 7.05 Å². The molecule has 1 aromatic heterocycles. The van der Waals surface area contributed by atoms with Crippen molar-refractivity contribution in [1.29, 1.82) is 0 Å². The number of nitrogens with zero attached hydrogens (tertiary/aromatic N) is 3. The molecule has 92 valence electrons. The van der Waals surface area contributed by atoms with E-state index >= 15 is 0 Å². The lowest BCUT2D eigenvalue weighted by atomic mass is 10.3. The Morgan fingerprint density at radius 2 is 2.29 bits per heavy atom. The van der Waals surface area contributed by atoms with Crippen LogP contribution in [-0.4, -0.2) is 39.8 Å². The van der Waals surface area contributed by atoms with Gasteiger partial charge in [0.05, 0.1) is 17.3 Å². The second kappa shape index (κ2) is 4.37. The summed E-state index contributed by atoms with van der Waals surface area (Å²) in [6, 6.07) is 0. The van der Waals surface area contributed by atoms with Crippen LogP contribution >= 0.6 is 11.6 Å². The van der Waals surface area contributed by atoms with Crippen LogP contribution in [0.1, 0.15) is 23.1 Å². The fourth-order valence-corrected chi connectivity index (χ4v) is 2.09. The number of cyclic esters (lactones) is 1. The molecule has 2 amide bonds. The zero-order valence-electron chi connectivity index (χ0n) is 9.57. The SMILES string of the molecule is CCc1nn(C)c(C(=O)N2CCOC2=O)c1Cl. The van der Waals surface area contributed by atoms with E-state index in [-0.39, 0.29) is 18.8 Å². The molecule has 0 bridgehead atoms. The molecule has 2 rings (SSSR count). The summed E-state index contributed by atoms with van der Waals surface area (Å²) in [5.74, 6) is -0.466. The third kappa shape index (κ3) is 1.88. The number of rotatable bonds is 2. The number of hydrogen-bond acceptors (Lipinski definition) is 4. The monoisotopic (exact) mass is 257 g/mol. The molecule has 1 aromatic rings. The summed E-state index contributed by atoms with van der Waals surface area (Å²) in [6.07, 6.45) is -0.00460. The summed E-state index contributed by atoms with van der Waals surface area (Å²) in [5, 5.41) is 4.44. The molecule has 17 heavy (non-hydrogen) atoms. The van der Waals surface area contributed by atoms with Gasteiger partial charge in [-0.25, -0.2) is 9.69 Å². The number of hydrogen-bond donors (Lipinski definition) is 0. The van der Waals surface area contributed by atoms with Crippen molar-refractivity contribution >= 4 is 23.6 Å². The largest absolute Gasteiger partial charge is 0.447 e. The lowest BCUT2D eigenvalue weighted by Crippen LogP contribution is -2.33. The summed E-state index contributed by atoms with van der Waals surface area (Å²) < 4.78 is 6.11. The summed E-state index contributed by atoms with van der Waals surface area (Å²) in [7, 11) is 1.62. The van der Waals surface area contributed by atoms with Gasteiger partial charge in [0.25, 0.3) is 5.91 Å². The van der Waals surface area contributed by atoms with Crippen LogP contribution in [0.2, 0.25) is 5.02 Å². The maximum Gasteiger partial charge on any atom is 0.417 e. The highest BCUT2D eigenvalue weighted by atomic mass is 35.5. The lowest BCUT2D eigenvalue weighted by molar-refractivity contribution is 0.0800. The lowest BCUT2D eigenvalue weighted by Gasteiger charge is -2.10. The Bertz CT molecular complexity index is 483. The Kier molecular flexibility index (Phi) is 3.06.